The first-order chi connectivity index (χ1) is 14.6. The SMILES string of the molecule is O=C(C[C@H]1C[C@@H](O)CN1C(=O)Cc1ccccc1)c1ccc(-c2ccccc2)cc1. The predicted octanol–water partition coefficient (Wildman–Crippen LogP) is 4.13. The number of Topliss-reactive ketones (excluding diaryl/α,β-unsaturated/α-hetero) is 1. The summed E-state index contributed by atoms with van der Waals surface area (Å²) in [6.07, 6.45) is 0.365. The summed E-state index contributed by atoms with van der Waals surface area (Å²) < 4.78 is 0. The maximum atomic E-state index is 12.9. The highest BCUT2D eigenvalue weighted by molar-refractivity contribution is 5.97. The largest absolute Gasteiger partial charge is 0.391 e. The summed E-state index contributed by atoms with van der Waals surface area (Å²) in [7, 11) is 0. The number of likely N-dealkylation sites (tertiary alicyclic amines) is 1. The van der Waals surface area contributed by atoms with Crippen LogP contribution in [-0.2, 0) is 11.2 Å². The van der Waals surface area contributed by atoms with Crippen LogP contribution in [0, 0.1) is 0 Å². The fraction of sp³-hybridized carbons (Fsp3) is 0.231. The molecule has 0 radical (unpaired) electrons. The van der Waals surface area contributed by atoms with Crippen molar-refractivity contribution in [2.24, 2.45) is 0 Å². The Kier molecular flexibility index (Phi) is 6.05. The Morgan fingerprint density at radius 2 is 1.43 bits per heavy atom. The van der Waals surface area contributed by atoms with Crippen molar-refractivity contribution in [2.45, 2.75) is 31.4 Å². The van der Waals surface area contributed by atoms with Gasteiger partial charge in [-0.2, -0.15) is 0 Å². The van der Waals surface area contributed by atoms with E-state index in [0.717, 1.165) is 16.7 Å². The molecule has 1 heterocycles. The van der Waals surface area contributed by atoms with Crippen molar-refractivity contribution < 1.29 is 14.7 Å². The number of hydrogen-bond donors (Lipinski definition) is 1. The van der Waals surface area contributed by atoms with Crippen LogP contribution in [0.2, 0.25) is 0 Å². The van der Waals surface area contributed by atoms with E-state index in [0.29, 0.717) is 12.0 Å². The Hall–Kier alpha value is -3.24. The van der Waals surface area contributed by atoms with Crippen LogP contribution in [0.15, 0.2) is 84.9 Å². The van der Waals surface area contributed by atoms with E-state index in [2.05, 4.69) is 0 Å². The van der Waals surface area contributed by atoms with Crippen LogP contribution in [0.3, 0.4) is 0 Å². The average Bonchev–Trinajstić information content (AvgIpc) is 3.15. The van der Waals surface area contributed by atoms with Crippen molar-refractivity contribution in [3.8, 4) is 11.1 Å². The molecule has 0 spiro atoms. The molecule has 1 fully saturated rings. The van der Waals surface area contributed by atoms with Gasteiger partial charge < -0.3 is 10.0 Å². The van der Waals surface area contributed by atoms with E-state index in [1.54, 1.807) is 4.90 Å². The van der Waals surface area contributed by atoms with Gasteiger partial charge in [-0.1, -0.05) is 84.9 Å². The minimum atomic E-state index is -0.581. The number of amides is 1. The van der Waals surface area contributed by atoms with Gasteiger partial charge in [0.15, 0.2) is 5.78 Å². The molecule has 1 N–H and O–H groups in total. The molecule has 4 rings (SSSR count). The van der Waals surface area contributed by atoms with Gasteiger partial charge in [0, 0.05) is 24.6 Å². The minimum Gasteiger partial charge on any atom is -0.391 e. The van der Waals surface area contributed by atoms with E-state index in [1.165, 1.54) is 0 Å². The van der Waals surface area contributed by atoms with Crippen LogP contribution in [0.5, 0.6) is 0 Å². The zero-order chi connectivity index (χ0) is 20.9. The van der Waals surface area contributed by atoms with E-state index in [1.807, 2.05) is 84.9 Å². The maximum Gasteiger partial charge on any atom is 0.227 e. The molecular formula is C26H25NO3. The first kappa shape index (κ1) is 20.0. The van der Waals surface area contributed by atoms with E-state index < -0.39 is 6.10 Å². The van der Waals surface area contributed by atoms with E-state index in [-0.39, 0.29) is 37.1 Å². The normalized spacial score (nSPS) is 18.4. The van der Waals surface area contributed by atoms with Crippen LogP contribution >= 0.6 is 0 Å². The number of carbonyl (C=O) groups excluding carboxylic acids is 2. The van der Waals surface area contributed by atoms with Crippen LogP contribution in [0.25, 0.3) is 11.1 Å². The number of β-amino-alcohol motifs (C(OH)–C–C–N with tert-alkyl or cyclic N) is 1. The van der Waals surface area contributed by atoms with Crippen molar-refractivity contribution in [3.05, 3.63) is 96.1 Å². The lowest BCUT2D eigenvalue weighted by molar-refractivity contribution is -0.131. The number of hydrogen-bond acceptors (Lipinski definition) is 3. The molecule has 1 saturated heterocycles. The first-order valence-corrected chi connectivity index (χ1v) is 10.3. The summed E-state index contributed by atoms with van der Waals surface area (Å²) >= 11 is 0. The smallest absolute Gasteiger partial charge is 0.227 e. The van der Waals surface area contributed by atoms with Crippen LogP contribution in [0.4, 0.5) is 0 Å². The first-order valence-electron chi connectivity index (χ1n) is 10.3. The number of aliphatic hydroxyl groups is 1. The van der Waals surface area contributed by atoms with Crippen LogP contribution in [0.1, 0.15) is 28.8 Å². The molecule has 1 aliphatic rings. The molecule has 3 aromatic rings. The molecule has 3 aromatic carbocycles. The number of carbonyl (C=O) groups is 2. The zero-order valence-corrected chi connectivity index (χ0v) is 16.8. The van der Waals surface area contributed by atoms with Gasteiger partial charge in [0.25, 0.3) is 0 Å². The van der Waals surface area contributed by atoms with Crippen molar-refractivity contribution in [2.75, 3.05) is 6.54 Å². The average molecular weight is 399 g/mol. The number of benzene rings is 3. The van der Waals surface area contributed by atoms with E-state index >= 15 is 0 Å². The quantitative estimate of drug-likeness (QED) is 0.634. The van der Waals surface area contributed by atoms with Gasteiger partial charge in [-0.25, -0.2) is 0 Å². The number of aliphatic hydroxyl groups excluding tert-OH is 1. The fourth-order valence-corrected chi connectivity index (χ4v) is 4.07. The van der Waals surface area contributed by atoms with Crippen LogP contribution in [-0.4, -0.2) is 40.4 Å². The van der Waals surface area contributed by atoms with Crippen LogP contribution < -0.4 is 0 Å². The summed E-state index contributed by atoms with van der Waals surface area (Å²) in [6.45, 7) is 0.288. The van der Waals surface area contributed by atoms with Gasteiger partial charge in [-0.3, -0.25) is 9.59 Å². The topological polar surface area (TPSA) is 57.6 Å². The highest BCUT2D eigenvalue weighted by atomic mass is 16.3. The lowest BCUT2D eigenvalue weighted by Gasteiger charge is -2.24. The van der Waals surface area contributed by atoms with Crippen molar-refractivity contribution in [3.63, 3.8) is 0 Å². The standard InChI is InChI=1S/C26H25NO3/c28-24-16-23(27(18-24)26(30)15-19-7-3-1-4-8-19)17-25(29)22-13-11-21(12-14-22)20-9-5-2-6-10-20/h1-14,23-24,28H,15-18H2/t23-,24-/m1/s1. The predicted molar refractivity (Wildman–Crippen MR) is 117 cm³/mol. The summed E-state index contributed by atoms with van der Waals surface area (Å²) in [6, 6.07) is 26.9. The maximum absolute atomic E-state index is 12.9. The lowest BCUT2D eigenvalue weighted by atomic mass is 9.98. The molecule has 1 amide bonds. The zero-order valence-electron chi connectivity index (χ0n) is 16.8. The second-order valence-electron chi connectivity index (χ2n) is 7.82. The molecule has 0 aromatic heterocycles. The van der Waals surface area contributed by atoms with E-state index in [9.17, 15) is 14.7 Å². The number of nitrogens with zero attached hydrogens (tertiary/aromatic N) is 1. The second kappa shape index (κ2) is 9.06. The molecule has 0 aliphatic carbocycles. The summed E-state index contributed by atoms with van der Waals surface area (Å²) in [4.78, 5) is 27.3. The third kappa shape index (κ3) is 4.66. The van der Waals surface area contributed by atoms with Gasteiger partial charge in [-0.15, -0.1) is 0 Å². The molecule has 152 valence electrons. The van der Waals surface area contributed by atoms with Gasteiger partial charge in [0.1, 0.15) is 0 Å². The summed E-state index contributed by atoms with van der Waals surface area (Å²) in [5.41, 5.74) is 3.73. The lowest BCUT2D eigenvalue weighted by Crippen LogP contribution is -2.38. The molecule has 0 bridgehead atoms. The summed E-state index contributed by atoms with van der Waals surface area (Å²) in [5, 5.41) is 10.1. The van der Waals surface area contributed by atoms with Crippen molar-refractivity contribution in [1.29, 1.82) is 0 Å². The number of rotatable bonds is 6. The monoisotopic (exact) mass is 399 g/mol. The Bertz CT molecular complexity index is 999. The van der Waals surface area contributed by atoms with Gasteiger partial charge in [0.05, 0.1) is 12.5 Å². The molecule has 2 atom stereocenters. The highest BCUT2D eigenvalue weighted by Crippen LogP contribution is 2.25. The van der Waals surface area contributed by atoms with Gasteiger partial charge >= 0.3 is 0 Å². The van der Waals surface area contributed by atoms with Gasteiger partial charge in [0.2, 0.25) is 5.91 Å². The molecule has 4 heteroatoms. The third-order valence-electron chi connectivity index (χ3n) is 5.65. The molecular weight excluding hydrogens is 374 g/mol. The number of ketones is 1. The molecule has 30 heavy (non-hydrogen) atoms. The Morgan fingerprint density at radius 3 is 2.10 bits per heavy atom. The fourth-order valence-electron chi connectivity index (χ4n) is 4.07. The molecule has 1 aliphatic heterocycles. The Balaban J connectivity index is 1.43. The third-order valence-corrected chi connectivity index (χ3v) is 5.65. The second-order valence-corrected chi connectivity index (χ2v) is 7.82. The Labute approximate surface area is 176 Å². The van der Waals surface area contributed by atoms with Crippen molar-refractivity contribution in [1.82, 2.24) is 4.90 Å². The Morgan fingerprint density at radius 1 is 0.833 bits per heavy atom. The van der Waals surface area contributed by atoms with E-state index in [4.69, 9.17) is 0 Å². The molecule has 0 unspecified atom stereocenters. The summed E-state index contributed by atoms with van der Waals surface area (Å²) in [5.74, 6) is -0.0544. The van der Waals surface area contributed by atoms with Gasteiger partial charge in [-0.05, 0) is 23.1 Å². The molecule has 4 nitrogen and oxygen atoms in total. The molecule has 0 saturated carbocycles. The highest BCUT2D eigenvalue weighted by Gasteiger charge is 2.35. The minimum absolute atomic E-state index is 0.00813. The van der Waals surface area contributed by atoms with Crippen molar-refractivity contribution >= 4 is 11.7 Å².